The number of carboxylic acid groups (broad SMARTS) is 1. The highest BCUT2D eigenvalue weighted by atomic mass is 32.2. The van der Waals surface area contributed by atoms with E-state index >= 15 is 0 Å². The number of hydrogen-bond acceptors (Lipinski definition) is 4. The number of carbonyl (C=O) groups is 2. The Morgan fingerprint density at radius 1 is 1.50 bits per heavy atom. The fourth-order valence-corrected chi connectivity index (χ4v) is 2.12. The van der Waals surface area contributed by atoms with Crippen molar-refractivity contribution in [3.05, 3.63) is 23.2 Å². The van der Waals surface area contributed by atoms with E-state index in [4.69, 9.17) is 9.52 Å². The van der Waals surface area contributed by atoms with Crippen LogP contribution in [0.2, 0.25) is 0 Å². The van der Waals surface area contributed by atoms with Gasteiger partial charge in [-0.2, -0.15) is 0 Å². The highest BCUT2D eigenvalue weighted by molar-refractivity contribution is 7.99. The van der Waals surface area contributed by atoms with Gasteiger partial charge in [-0.1, -0.05) is 6.92 Å². The first-order valence-electron chi connectivity index (χ1n) is 5.71. The predicted octanol–water partition coefficient (Wildman–Crippen LogP) is 2.05. The molecule has 0 radical (unpaired) electrons. The molecular weight excluding hydrogens is 254 g/mol. The summed E-state index contributed by atoms with van der Waals surface area (Å²) in [5, 5.41) is 11.6. The number of hydrogen-bond donors (Lipinski definition) is 2. The van der Waals surface area contributed by atoms with Crippen molar-refractivity contribution in [2.75, 3.05) is 12.3 Å². The van der Waals surface area contributed by atoms with Gasteiger partial charge in [-0.15, -0.1) is 11.8 Å². The number of carboxylic acids is 1. The van der Waals surface area contributed by atoms with Crippen LogP contribution in [0.5, 0.6) is 0 Å². The Balaban J connectivity index is 2.38. The molecule has 0 saturated carbocycles. The molecule has 1 heterocycles. The smallest absolute Gasteiger partial charge is 0.372 e. The van der Waals surface area contributed by atoms with Gasteiger partial charge in [0, 0.05) is 12.1 Å². The number of aromatic carboxylic acids is 1. The van der Waals surface area contributed by atoms with Crippen LogP contribution < -0.4 is 5.32 Å². The number of carbonyl (C=O) groups excluding carboxylic acids is 1. The molecule has 100 valence electrons. The third-order valence-electron chi connectivity index (χ3n) is 2.21. The van der Waals surface area contributed by atoms with Crippen molar-refractivity contribution >= 4 is 23.6 Å². The molecule has 0 bridgehead atoms. The molecule has 0 aliphatic rings. The van der Waals surface area contributed by atoms with E-state index in [2.05, 4.69) is 5.32 Å². The van der Waals surface area contributed by atoms with Crippen molar-refractivity contribution in [1.82, 2.24) is 5.32 Å². The van der Waals surface area contributed by atoms with Gasteiger partial charge in [0.2, 0.25) is 11.7 Å². The van der Waals surface area contributed by atoms with E-state index in [1.54, 1.807) is 13.0 Å². The van der Waals surface area contributed by atoms with E-state index < -0.39 is 5.97 Å². The van der Waals surface area contributed by atoms with Crippen LogP contribution in [-0.4, -0.2) is 29.3 Å². The zero-order chi connectivity index (χ0) is 13.5. The average Bonchev–Trinajstić information content (AvgIpc) is 2.68. The fraction of sp³-hybridized carbons (Fsp3) is 0.500. The Hall–Kier alpha value is -1.43. The monoisotopic (exact) mass is 271 g/mol. The summed E-state index contributed by atoms with van der Waals surface area (Å²) in [6.07, 6.45) is 0.912. The predicted molar refractivity (Wildman–Crippen MR) is 69.9 cm³/mol. The van der Waals surface area contributed by atoms with Crippen LogP contribution in [0.25, 0.3) is 0 Å². The Kier molecular flexibility index (Phi) is 5.77. The number of amides is 1. The highest BCUT2D eigenvalue weighted by Gasteiger charge is 2.14. The molecule has 1 amide bonds. The first-order valence-corrected chi connectivity index (χ1v) is 6.87. The Bertz CT molecular complexity index is 428. The maximum absolute atomic E-state index is 11.3. The summed E-state index contributed by atoms with van der Waals surface area (Å²) in [7, 11) is 0. The topological polar surface area (TPSA) is 79.5 Å². The van der Waals surface area contributed by atoms with Crippen molar-refractivity contribution in [1.29, 1.82) is 0 Å². The third-order valence-corrected chi connectivity index (χ3v) is 3.17. The minimum absolute atomic E-state index is 0.0106. The summed E-state index contributed by atoms with van der Waals surface area (Å²) < 4.78 is 5.19. The van der Waals surface area contributed by atoms with E-state index in [1.807, 2.05) is 6.92 Å². The van der Waals surface area contributed by atoms with Crippen molar-refractivity contribution in [2.45, 2.75) is 26.0 Å². The highest BCUT2D eigenvalue weighted by Crippen LogP contribution is 2.19. The summed E-state index contributed by atoms with van der Waals surface area (Å²) in [4.78, 5) is 22.1. The molecule has 0 unspecified atom stereocenters. The van der Waals surface area contributed by atoms with Crippen LogP contribution in [0, 0.1) is 6.92 Å². The van der Waals surface area contributed by atoms with Crippen LogP contribution in [0.15, 0.2) is 10.5 Å². The molecule has 1 aromatic heterocycles. The van der Waals surface area contributed by atoms with E-state index in [1.165, 1.54) is 11.8 Å². The largest absolute Gasteiger partial charge is 0.475 e. The second-order valence-electron chi connectivity index (χ2n) is 3.87. The average molecular weight is 271 g/mol. The van der Waals surface area contributed by atoms with Crippen LogP contribution in [-0.2, 0) is 10.5 Å². The van der Waals surface area contributed by atoms with Crippen molar-refractivity contribution in [2.24, 2.45) is 0 Å². The molecule has 2 N–H and O–H groups in total. The van der Waals surface area contributed by atoms with Gasteiger partial charge in [-0.05, 0) is 19.4 Å². The summed E-state index contributed by atoms with van der Waals surface area (Å²) in [5.41, 5.74) is 0.605. The van der Waals surface area contributed by atoms with Gasteiger partial charge >= 0.3 is 5.97 Å². The Morgan fingerprint density at radius 2 is 2.22 bits per heavy atom. The summed E-state index contributed by atoms with van der Waals surface area (Å²) in [5.74, 6) is 0.322. The molecule has 0 fully saturated rings. The van der Waals surface area contributed by atoms with Gasteiger partial charge in [0.05, 0.1) is 11.5 Å². The molecule has 0 spiro atoms. The SMILES string of the molecule is CCCNC(=O)CSCc1cc(C)c(C(=O)O)o1. The third kappa shape index (κ3) is 4.44. The number of thioether (sulfide) groups is 1. The molecule has 0 aliphatic heterocycles. The normalized spacial score (nSPS) is 10.3. The van der Waals surface area contributed by atoms with E-state index in [0.717, 1.165) is 6.42 Å². The first-order chi connectivity index (χ1) is 8.54. The molecule has 18 heavy (non-hydrogen) atoms. The molecule has 0 atom stereocenters. The maximum atomic E-state index is 11.3. The minimum Gasteiger partial charge on any atom is -0.475 e. The second-order valence-corrected chi connectivity index (χ2v) is 4.86. The maximum Gasteiger partial charge on any atom is 0.372 e. The molecule has 0 saturated heterocycles. The van der Waals surface area contributed by atoms with Crippen molar-refractivity contribution in [3.8, 4) is 0 Å². The molecule has 6 heteroatoms. The van der Waals surface area contributed by atoms with Crippen LogP contribution in [0.4, 0.5) is 0 Å². The summed E-state index contributed by atoms with van der Waals surface area (Å²) in [6, 6.07) is 1.69. The zero-order valence-corrected chi connectivity index (χ0v) is 11.3. The van der Waals surface area contributed by atoms with Gasteiger partial charge in [0.25, 0.3) is 0 Å². The standard InChI is InChI=1S/C12H17NO4S/c1-3-4-13-10(14)7-18-6-9-5-8(2)11(17-9)12(15)16/h5H,3-4,6-7H2,1-2H3,(H,13,14)(H,15,16). The lowest BCUT2D eigenvalue weighted by Crippen LogP contribution is -2.25. The number of nitrogens with one attached hydrogen (secondary N) is 1. The lowest BCUT2D eigenvalue weighted by atomic mass is 10.3. The molecule has 0 aromatic carbocycles. The number of rotatable bonds is 7. The van der Waals surface area contributed by atoms with Crippen LogP contribution in [0.1, 0.15) is 35.2 Å². The van der Waals surface area contributed by atoms with E-state index in [-0.39, 0.29) is 11.7 Å². The summed E-state index contributed by atoms with van der Waals surface area (Å²) >= 11 is 1.40. The van der Waals surface area contributed by atoms with Crippen molar-refractivity contribution in [3.63, 3.8) is 0 Å². The molecule has 5 nitrogen and oxygen atoms in total. The number of aryl methyl sites for hydroxylation is 1. The lowest BCUT2D eigenvalue weighted by molar-refractivity contribution is -0.118. The van der Waals surface area contributed by atoms with Gasteiger partial charge < -0.3 is 14.8 Å². The van der Waals surface area contributed by atoms with Gasteiger partial charge in [-0.25, -0.2) is 4.79 Å². The number of furan rings is 1. The first kappa shape index (κ1) is 14.6. The molecule has 1 aromatic rings. The van der Waals surface area contributed by atoms with E-state index in [0.29, 0.717) is 29.4 Å². The Morgan fingerprint density at radius 3 is 2.78 bits per heavy atom. The zero-order valence-electron chi connectivity index (χ0n) is 10.5. The molecule has 0 aliphatic carbocycles. The fourth-order valence-electron chi connectivity index (χ4n) is 1.39. The van der Waals surface area contributed by atoms with Crippen molar-refractivity contribution < 1.29 is 19.1 Å². The molecule has 1 rings (SSSR count). The van der Waals surface area contributed by atoms with Gasteiger partial charge in [0.1, 0.15) is 5.76 Å². The minimum atomic E-state index is -1.07. The lowest BCUT2D eigenvalue weighted by Gasteiger charge is -2.01. The van der Waals surface area contributed by atoms with Crippen LogP contribution >= 0.6 is 11.8 Å². The Labute approximate surface area is 110 Å². The van der Waals surface area contributed by atoms with Gasteiger partial charge in [-0.3, -0.25) is 4.79 Å². The summed E-state index contributed by atoms with van der Waals surface area (Å²) in [6.45, 7) is 4.37. The van der Waals surface area contributed by atoms with E-state index in [9.17, 15) is 9.59 Å². The second kappa shape index (κ2) is 7.10. The van der Waals surface area contributed by atoms with Crippen LogP contribution in [0.3, 0.4) is 0 Å². The molecular formula is C12H17NO4S. The van der Waals surface area contributed by atoms with Gasteiger partial charge in [0.15, 0.2) is 0 Å². The quantitative estimate of drug-likeness (QED) is 0.793.